The smallest absolute Gasteiger partial charge is 0.168 e. The van der Waals surface area contributed by atoms with Crippen LogP contribution in [-0.2, 0) is 4.74 Å². The molecule has 23 heavy (non-hydrogen) atoms. The van der Waals surface area contributed by atoms with Crippen LogP contribution in [-0.4, -0.2) is 69.3 Å². The molecule has 5 atom stereocenters. The lowest BCUT2D eigenvalue weighted by Crippen LogP contribution is -2.64. The van der Waals surface area contributed by atoms with Gasteiger partial charge < -0.3 is 35.8 Å². The maximum absolute atomic E-state index is 9.90. The highest BCUT2D eigenvalue weighted by Gasteiger charge is 2.43. The normalized spacial score (nSPS) is 30.9. The maximum atomic E-state index is 9.90. The van der Waals surface area contributed by atoms with Crippen molar-refractivity contribution in [3.63, 3.8) is 0 Å². The van der Waals surface area contributed by atoms with Crippen LogP contribution in [0.4, 0.5) is 0 Å². The second kappa shape index (κ2) is 11.1. The van der Waals surface area contributed by atoms with Crippen LogP contribution in [0.5, 0.6) is 0 Å². The average molecular weight is 350 g/mol. The third-order valence-corrected chi connectivity index (χ3v) is 4.24. The van der Waals surface area contributed by atoms with Gasteiger partial charge in [-0.2, -0.15) is 0 Å². The standard InChI is InChI=1S/C15H30N2O5S/c1-2-3-4-5-6-7-8-16-15(23)17-14-13(21)12(20)11(19)10(9-18)22-14/h10-14,18-21H,2-9H2,1H3,(H2,16,17,23)/t10-,11+,12+,13-,14-/m1/s1. The lowest BCUT2D eigenvalue weighted by molar-refractivity contribution is -0.232. The van der Waals surface area contributed by atoms with E-state index in [9.17, 15) is 15.3 Å². The first-order chi connectivity index (χ1) is 11.0. The summed E-state index contributed by atoms with van der Waals surface area (Å²) in [5.41, 5.74) is 0. The molecule has 8 heteroatoms. The first-order valence-corrected chi connectivity index (χ1v) is 8.77. The van der Waals surface area contributed by atoms with Crippen molar-refractivity contribution < 1.29 is 25.2 Å². The van der Waals surface area contributed by atoms with E-state index in [0.717, 1.165) is 19.4 Å². The Morgan fingerprint density at radius 3 is 2.30 bits per heavy atom. The lowest BCUT2D eigenvalue weighted by atomic mass is 9.98. The molecule has 0 unspecified atom stereocenters. The molecule has 1 heterocycles. The molecule has 0 bridgehead atoms. The highest BCUT2D eigenvalue weighted by Crippen LogP contribution is 2.19. The fraction of sp³-hybridized carbons (Fsp3) is 0.933. The highest BCUT2D eigenvalue weighted by molar-refractivity contribution is 7.80. The maximum Gasteiger partial charge on any atom is 0.168 e. The molecule has 0 spiro atoms. The number of nitrogens with one attached hydrogen (secondary N) is 2. The van der Waals surface area contributed by atoms with Crippen molar-refractivity contribution in [3.05, 3.63) is 0 Å². The molecule has 0 aromatic rings. The number of hydrogen-bond acceptors (Lipinski definition) is 6. The van der Waals surface area contributed by atoms with E-state index < -0.39 is 37.3 Å². The van der Waals surface area contributed by atoms with Crippen molar-refractivity contribution in [2.24, 2.45) is 0 Å². The number of aliphatic hydroxyl groups is 4. The Morgan fingerprint density at radius 2 is 1.65 bits per heavy atom. The summed E-state index contributed by atoms with van der Waals surface area (Å²) in [7, 11) is 0. The van der Waals surface area contributed by atoms with Crippen molar-refractivity contribution in [1.82, 2.24) is 10.6 Å². The summed E-state index contributed by atoms with van der Waals surface area (Å²) < 4.78 is 5.32. The number of aliphatic hydroxyl groups excluding tert-OH is 4. The SMILES string of the molecule is CCCCCCCCNC(=S)N[C@@H]1O[C@H](CO)[C@H](O)[C@H](O)[C@H]1O. The average Bonchev–Trinajstić information content (AvgIpc) is 2.54. The predicted molar refractivity (Wildman–Crippen MR) is 90.9 cm³/mol. The summed E-state index contributed by atoms with van der Waals surface area (Å²) in [5, 5.41) is 44.5. The predicted octanol–water partition coefficient (Wildman–Crippen LogP) is -0.389. The number of ether oxygens (including phenoxy) is 1. The van der Waals surface area contributed by atoms with Crippen LogP contribution < -0.4 is 10.6 Å². The quantitative estimate of drug-likeness (QED) is 0.246. The van der Waals surface area contributed by atoms with E-state index in [1.54, 1.807) is 0 Å². The van der Waals surface area contributed by atoms with Crippen LogP contribution in [0.2, 0.25) is 0 Å². The van der Waals surface area contributed by atoms with Gasteiger partial charge in [0.1, 0.15) is 24.4 Å². The molecule has 1 aliphatic rings. The van der Waals surface area contributed by atoms with Crippen LogP contribution in [0.3, 0.4) is 0 Å². The van der Waals surface area contributed by atoms with Gasteiger partial charge in [-0.1, -0.05) is 39.0 Å². The fourth-order valence-corrected chi connectivity index (χ4v) is 2.73. The minimum atomic E-state index is -1.40. The largest absolute Gasteiger partial charge is 0.394 e. The summed E-state index contributed by atoms with van der Waals surface area (Å²) >= 11 is 5.13. The topological polar surface area (TPSA) is 114 Å². The molecule has 0 radical (unpaired) electrons. The summed E-state index contributed by atoms with van der Waals surface area (Å²) in [4.78, 5) is 0. The zero-order valence-electron chi connectivity index (χ0n) is 13.6. The summed E-state index contributed by atoms with van der Waals surface area (Å²) in [6.45, 7) is 2.45. The first kappa shape index (κ1) is 20.5. The van der Waals surface area contributed by atoms with E-state index in [1.807, 2.05) is 0 Å². The van der Waals surface area contributed by atoms with Gasteiger partial charge in [0.15, 0.2) is 11.3 Å². The van der Waals surface area contributed by atoms with E-state index in [4.69, 9.17) is 22.1 Å². The summed E-state index contributed by atoms with van der Waals surface area (Å²) in [5.74, 6) is 0. The van der Waals surface area contributed by atoms with Gasteiger partial charge in [0.2, 0.25) is 0 Å². The Labute approximate surface area is 143 Å². The van der Waals surface area contributed by atoms with Gasteiger partial charge in [-0.15, -0.1) is 0 Å². The molecule has 1 rings (SSSR count). The number of hydrogen-bond donors (Lipinski definition) is 6. The monoisotopic (exact) mass is 350 g/mol. The molecule has 1 saturated heterocycles. The Bertz CT molecular complexity index is 346. The number of unbranched alkanes of at least 4 members (excludes halogenated alkanes) is 5. The molecule has 0 aliphatic carbocycles. The molecule has 7 nitrogen and oxygen atoms in total. The van der Waals surface area contributed by atoms with Crippen molar-refractivity contribution >= 4 is 17.3 Å². The van der Waals surface area contributed by atoms with Crippen molar-refractivity contribution in [3.8, 4) is 0 Å². The van der Waals surface area contributed by atoms with Gasteiger partial charge >= 0.3 is 0 Å². The summed E-state index contributed by atoms with van der Waals surface area (Å²) in [6, 6.07) is 0. The molecule has 136 valence electrons. The molecular formula is C15H30N2O5S. The van der Waals surface area contributed by atoms with Gasteiger partial charge in [0, 0.05) is 6.54 Å². The van der Waals surface area contributed by atoms with Crippen molar-refractivity contribution in [2.75, 3.05) is 13.2 Å². The van der Waals surface area contributed by atoms with E-state index in [0.29, 0.717) is 5.11 Å². The molecule has 0 amide bonds. The van der Waals surface area contributed by atoms with Gasteiger partial charge in [-0.3, -0.25) is 0 Å². The Hall–Kier alpha value is -0.510. The number of thiocarbonyl (C=S) groups is 1. The summed E-state index contributed by atoms with van der Waals surface area (Å²) in [6.07, 6.45) is 1.08. The second-order valence-electron chi connectivity index (χ2n) is 5.92. The van der Waals surface area contributed by atoms with Gasteiger partial charge in [-0.05, 0) is 18.6 Å². The second-order valence-corrected chi connectivity index (χ2v) is 6.33. The Balaban J connectivity index is 2.25. The first-order valence-electron chi connectivity index (χ1n) is 8.36. The molecule has 0 aromatic heterocycles. The minimum absolute atomic E-state index is 0.308. The lowest BCUT2D eigenvalue weighted by Gasteiger charge is -2.40. The van der Waals surface area contributed by atoms with Crippen LogP contribution in [0.15, 0.2) is 0 Å². The van der Waals surface area contributed by atoms with Crippen LogP contribution in [0.1, 0.15) is 45.4 Å². The molecular weight excluding hydrogens is 320 g/mol. The molecule has 1 fully saturated rings. The molecule has 0 aromatic carbocycles. The van der Waals surface area contributed by atoms with Crippen LogP contribution >= 0.6 is 12.2 Å². The fourth-order valence-electron chi connectivity index (χ4n) is 2.51. The molecule has 0 saturated carbocycles. The zero-order chi connectivity index (χ0) is 17.2. The third kappa shape index (κ3) is 6.86. The van der Waals surface area contributed by atoms with E-state index in [1.165, 1.54) is 25.7 Å². The Kier molecular flexibility index (Phi) is 9.92. The molecule has 6 N–H and O–H groups in total. The van der Waals surface area contributed by atoms with Crippen LogP contribution in [0.25, 0.3) is 0 Å². The highest BCUT2D eigenvalue weighted by atomic mass is 32.1. The van der Waals surface area contributed by atoms with Crippen LogP contribution in [0, 0.1) is 0 Å². The zero-order valence-corrected chi connectivity index (χ0v) is 14.5. The number of rotatable bonds is 9. The Morgan fingerprint density at radius 1 is 1.00 bits per heavy atom. The van der Waals surface area contributed by atoms with Gasteiger partial charge in [-0.25, -0.2) is 0 Å². The van der Waals surface area contributed by atoms with Gasteiger partial charge in [0.05, 0.1) is 6.61 Å². The van der Waals surface area contributed by atoms with E-state index in [2.05, 4.69) is 17.6 Å². The minimum Gasteiger partial charge on any atom is -0.394 e. The van der Waals surface area contributed by atoms with Gasteiger partial charge in [0.25, 0.3) is 0 Å². The van der Waals surface area contributed by atoms with E-state index >= 15 is 0 Å². The van der Waals surface area contributed by atoms with Crippen molar-refractivity contribution in [1.29, 1.82) is 0 Å². The molecule has 1 aliphatic heterocycles. The third-order valence-electron chi connectivity index (χ3n) is 3.98. The van der Waals surface area contributed by atoms with E-state index in [-0.39, 0.29) is 0 Å². The van der Waals surface area contributed by atoms with Crippen molar-refractivity contribution in [2.45, 2.75) is 76.1 Å².